The molecule has 0 saturated carbocycles. The highest BCUT2D eigenvalue weighted by molar-refractivity contribution is 7.99. The normalized spacial score (nSPS) is 12.9. The van der Waals surface area contributed by atoms with E-state index in [0.717, 1.165) is 6.54 Å². The van der Waals surface area contributed by atoms with Crippen LogP contribution in [0.25, 0.3) is 11.6 Å². The Morgan fingerprint density at radius 2 is 1.76 bits per heavy atom. The van der Waals surface area contributed by atoms with Crippen LogP contribution in [-0.2, 0) is 0 Å². The van der Waals surface area contributed by atoms with Crippen LogP contribution in [0, 0.1) is 12.3 Å². The van der Waals surface area contributed by atoms with E-state index in [2.05, 4.69) is 72.5 Å². The molecule has 1 heterocycles. The molecule has 0 aromatic heterocycles. The number of rotatable bonds is 3. The quantitative estimate of drug-likeness (QED) is 0.778. The van der Waals surface area contributed by atoms with Crippen molar-refractivity contribution in [1.82, 2.24) is 4.90 Å². The molecule has 0 saturated heterocycles. The number of hydrogen-bond acceptors (Lipinski definition) is 2. The zero-order valence-electron chi connectivity index (χ0n) is 12.0. The molecule has 21 heavy (non-hydrogen) atoms. The first-order valence-corrected chi connectivity index (χ1v) is 7.78. The van der Waals surface area contributed by atoms with Crippen LogP contribution >= 0.6 is 11.8 Å². The largest absolute Gasteiger partial charge is 0.291 e. The number of likely N-dealkylation sites (N-methyl/N-ethyl adjacent to an activating group) is 1. The Hall–Kier alpha value is -1.95. The number of nitrogens with zero attached hydrogens (tertiary/aromatic N) is 1. The highest BCUT2D eigenvalue weighted by Gasteiger charge is 2.16. The topological polar surface area (TPSA) is 3.24 Å². The summed E-state index contributed by atoms with van der Waals surface area (Å²) in [5.41, 5.74) is 3.91. The summed E-state index contributed by atoms with van der Waals surface area (Å²) in [6, 6.07) is 17.1. The van der Waals surface area contributed by atoms with Gasteiger partial charge in [0.25, 0.3) is 0 Å². The molecule has 3 rings (SSSR count). The van der Waals surface area contributed by atoms with Crippen LogP contribution < -0.4 is 0 Å². The van der Waals surface area contributed by atoms with Crippen LogP contribution in [0.1, 0.15) is 11.1 Å². The van der Waals surface area contributed by atoms with E-state index in [0.29, 0.717) is 6.54 Å². The van der Waals surface area contributed by atoms with Gasteiger partial charge in [-0.05, 0) is 42.0 Å². The summed E-state index contributed by atoms with van der Waals surface area (Å²) in [4.78, 5) is 4.78. The maximum Gasteiger partial charge on any atom is 0.0599 e. The molecule has 2 aromatic carbocycles. The van der Waals surface area contributed by atoms with Gasteiger partial charge in [-0.1, -0.05) is 54.1 Å². The molecule has 2 heteroatoms. The second-order valence-corrected chi connectivity index (χ2v) is 6.27. The fourth-order valence-electron chi connectivity index (χ4n) is 2.53. The van der Waals surface area contributed by atoms with Crippen molar-refractivity contribution in [1.29, 1.82) is 0 Å². The third-order valence-corrected chi connectivity index (χ3v) is 4.67. The molecule has 0 atom stereocenters. The van der Waals surface area contributed by atoms with Crippen LogP contribution in [0.4, 0.5) is 0 Å². The van der Waals surface area contributed by atoms with E-state index >= 15 is 0 Å². The van der Waals surface area contributed by atoms with Gasteiger partial charge in [-0.2, -0.15) is 0 Å². The van der Waals surface area contributed by atoms with Crippen LogP contribution in [-0.4, -0.2) is 25.0 Å². The predicted molar refractivity (Wildman–Crippen MR) is 91.2 cm³/mol. The Bertz CT molecular complexity index is 724. The third-order valence-electron chi connectivity index (χ3n) is 3.50. The van der Waals surface area contributed by atoms with Gasteiger partial charge < -0.3 is 0 Å². The molecule has 1 aliphatic rings. The first kappa shape index (κ1) is 14.0. The summed E-state index contributed by atoms with van der Waals surface area (Å²) in [6.07, 6.45) is 7.71. The van der Waals surface area contributed by atoms with Crippen molar-refractivity contribution in [3.05, 3.63) is 59.7 Å². The first-order valence-electron chi connectivity index (χ1n) is 6.97. The lowest BCUT2D eigenvalue weighted by Gasteiger charge is -2.17. The lowest BCUT2D eigenvalue weighted by molar-refractivity contribution is 0.425. The van der Waals surface area contributed by atoms with Crippen molar-refractivity contribution in [2.24, 2.45) is 0 Å². The maximum atomic E-state index is 5.42. The minimum Gasteiger partial charge on any atom is -0.291 e. The second kappa shape index (κ2) is 6.22. The Morgan fingerprint density at radius 3 is 2.57 bits per heavy atom. The molecule has 1 aliphatic heterocycles. The van der Waals surface area contributed by atoms with Crippen molar-refractivity contribution in [2.45, 2.75) is 9.79 Å². The summed E-state index contributed by atoms with van der Waals surface area (Å²) in [5.74, 6) is 2.71. The smallest absolute Gasteiger partial charge is 0.0599 e. The molecular weight excluding hydrogens is 274 g/mol. The van der Waals surface area contributed by atoms with Gasteiger partial charge in [0.05, 0.1) is 6.54 Å². The average molecular weight is 291 g/mol. The molecule has 104 valence electrons. The molecule has 0 N–H and O–H groups in total. The van der Waals surface area contributed by atoms with Gasteiger partial charge in [0.2, 0.25) is 0 Å². The molecule has 1 nitrogen and oxygen atoms in total. The minimum atomic E-state index is 0.661. The summed E-state index contributed by atoms with van der Waals surface area (Å²) in [5, 5.41) is 0. The molecule has 0 fully saturated rings. The van der Waals surface area contributed by atoms with Gasteiger partial charge >= 0.3 is 0 Å². The highest BCUT2D eigenvalue weighted by Crippen LogP contribution is 2.40. The molecule has 0 spiro atoms. The van der Waals surface area contributed by atoms with Crippen LogP contribution in [0.2, 0.25) is 0 Å². The van der Waals surface area contributed by atoms with Crippen molar-refractivity contribution >= 4 is 23.4 Å². The molecule has 0 unspecified atom stereocenters. The first-order chi connectivity index (χ1) is 10.3. The van der Waals surface area contributed by atoms with Crippen LogP contribution in [0.3, 0.4) is 0 Å². The minimum absolute atomic E-state index is 0.661. The summed E-state index contributed by atoms with van der Waals surface area (Å²) >= 11 is 1.84. The SMILES string of the molecule is C#CCN(C)CC1=Cc2ccccc2Sc2ccccc21. The van der Waals surface area contributed by atoms with E-state index in [1.807, 2.05) is 11.8 Å². The zero-order valence-corrected chi connectivity index (χ0v) is 12.9. The van der Waals surface area contributed by atoms with E-state index in [9.17, 15) is 0 Å². The average Bonchev–Trinajstić information content (AvgIpc) is 2.64. The molecule has 0 amide bonds. The third kappa shape index (κ3) is 3.05. The zero-order chi connectivity index (χ0) is 14.7. The fraction of sp³-hybridized carbons (Fsp3) is 0.158. The Balaban J connectivity index is 2.07. The van der Waals surface area contributed by atoms with E-state index in [-0.39, 0.29) is 0 Å². The number of fused-ring (bicyclic) bond motifs is 2. The highest BCUT2D eigenvalue weighted by atomic mass is 32.2. The number of benzene rings is 2. The summed E-state index contributed by atoms with van der Waals surface area (Å²) in [6.45, 7) is 1.52. The standard InChI is InChI=1S/C19H17NS/c1-3-12-20(2)14-16-13-15-8-4-6-10-18(15)21-19-11-7-5-9-17(16)19/h1,4-11,13H,12,14H2,2H3. The van der Waals surface area contributed by atoms with Gasteiger partial charge in [0, 0.05) is 16.3 Å². The number of terminal acetylenes is 1. The van der Waals surface area contributed by atoms with Crippen molar-refractivity contribution < 1.29 is 0 Å². The van der Waals surface area contributed by atoms with E-state index in [4.69, 9.17) is 6.42 Å². The lowest BCUT2D eigenvalue weighted by atomic mass is 10.0. The molecule has 0 radical (unpaired) electrons. The van der Waals surface area contributed by atoms with Crippen molar-refractivity contribution in [3.8, 4) is 12.3 Å². The Kier molecular flexibility index (Phi) is 4.15. The predicted octanol–water partition coefficient (Wildman–Crippen LogP) is 4.26. The summed E-state index contributed by atoms with van der Waals surface area (Å²) < 4.78 is 0. The monoisotopic (exact) mass is 291 g/mol. The summed E-state index contributed by atoms with van der Waals surface area (Å²) in [7, 11) is 2.06. The van der Waals surface area contributed by atoms with E-state index < -0.39 is 0 Å². The fourth-order valence-corrected chi connectivity index (χ4v) is 3.61. The van der Waals surface area contributed by atoms with E-state index in [1.54, 1.807) is 0 Å². The van der Waals surface area contributed by atoms with Gasteiger partial charge in [0.15, 0.2) is 0 Å². The molecule has 2 aromatic rings. The van der Waals surface area contributed by atoms with Gasteiger partial charge in [-0.15, -0.1) is 6.42 Å². The Labute approximate surface area is 130 Å². The van der Waals surface area contributed by atoms with Crippen LogP contribution in [0.15, 0.2) is 58.3 Å². The van der Waals surface area contributed by atoms with Crippen LogP contribution in [0.5, 0.6) is 0 Å². The van der Waals surface area contributed by atoms with Gasteiger partial charge in [-0.3, -0.25) is 4.90 Å². The van der Waals surface area contributed by atoms with Gasteiger partial charge in [-0.25, -0.2) is 0 Å². The molecular formula is C19H17NS. The Morgan fingerprint density at radius 1 is 1.05 bits per heavy atom. The maximum absolute atomic E-state index is 5.42. The van der Waals surface area contributed by atoms with Crippen molar-refractivity contribution in [3.63, 3.8) is 0 Å². The molecule has 0 bridgehead atoms. The second-order valence-electron chi connectivity index (χ2n) is 5.18. The van der Waals surface area contributed by atoms with Crippen molar-refractivity contribution in [2.75, 3.05) is 20.1 Å². The molecule has 0 aliphatic carbocycles. The number of hydrogen-bond donors (Lipinski definition) is 0. The van der Waals surface area contributed by atoms with Gasteiger partial charge in [0.1, 0.15) is 0 Å². The lowest BCUT2D eigenvalue weighted by Crippen LogP contribution is -2.20. The van der Waals surface area contributed by atoms with E-state index in [1.165, 1.54) is 26.5 Å².